The quantitative estimate of drug-likeness (QED) is 0.536. The van der Waals surface area contributed by atoms with Crippen LogP contribution in [-0.4, -0.2) is 17.3 Å². The van der Waals surface area contributed by atoms with E-state index in [0.29, 0.717) is 3.97 Å². The fraction of sp³-hybridized carbons (Fsp3) is 0. The van der Waals surface area contributed by atoms with Crippen LogP contribution in [-0.2, 0) is 10.0 Å². The molecule has 8 nitrogen and oxygen atoms in total. The maximum absolute atomic E-state index is 12.5. The fourth-order valence-corrected chi connectivity index (χ4v) is 3.35. The fourth-order valence-electron chi connectivity index (χ4n) is 2.02. The highest BCUT2D eigenvalue weighted by Gasteiger charge is 2.24. The number of non-ortho nitro benzene ring substituents is 1. The van der Waals surface area contributed by atoms with Gasteiger partial charge in [0.2, 0.25) is 0 Å². The van der Waals surface area contributed by atoms with Crippen LogP contribution in [0.3, 0.4) is 0 Å². The van der Waals surface area contributed by atoms with Gasteiger partial charge in [-0.05, 0) is 24.3 Å². The molecule has 0 N–H and O–H groups in total. The molecule has 0 bridgehead atoms. The third-order valence-electron chi connectivity index (χ3n) is 3.03. The Kier molecular flexibility index (Phi) is 3.06. The monoisotopic (exact) mass is 320 g/mol. The molecule has 112 valence electrons. The molecule has 3 rings (SSSR count). The molecule has 2 aromatic carbocycles. The number of benzene rings is 2. The van der Waals surface area contributed by atoms with Crippen LogP contribution in [0, 0.1) is 10.1 Å². The Labute approximate surface area is 123 Å². The minimum absolute atomic E-state index is 0.103. The van der Waals surface area contributed by atoms with E-state index in [1.54, 1.807) is 12.1 Å². The number of hydrogen-bond acceptors (Lipinski definition) is 6. The maximum Gasteiger partial charge on any atom is 0.434 e. The molecule has 1 aromatic heterocycles. The van der Waals surface area contributed by atoms with Crippen molar-refractivity contribution in [3.8, 4) is 0 Å². The SMILES string of the molecule is O=c1oc2ccccc2n1S(=O)(=O)c1ccc([N+](=O)[O-])cc1. The lowest BCUT2D eigenvalue weighted by Crippen LogP contribution is -2.23. The lowest BCUT2D eigenvalue weighted by Gasteiger charge is -2.04. The van der Waals surface area contributed by atoms with Gasteiger partial charge in [0.1, 0.15) is 5.52 Å². The summed E-state index contributed by atoms with van der Waals surface area (Å²) in [6, 6.07) is 10.3. The normalized spacial score (nSPS) is 11.6. The van der Waals surface area contributed by atoms with Gasteiger partial charge >= 0.3 is 5.76 Å². The molecular formula is C13H8N2O6S. The zero-order valence-corrected chi connectivity index (χ0v) is 11.7. The molecule has 0 radical (unpaired) electrons. The summed E-state index contributed by atoms with van der Waals surface area (Å²) >= 11 is 0. The first-order valence-electron chi connectivity index (χ1n) is 6.02. The second-order valence-corrected chi connectivity index (χ2v) is 6.14. The average Bonchev–Trinajstić information content (AvgIpc) is 2.83. The summed E-state index contributed by atoms with van der Waals surface area (Å²) in [5.74, 6) is -1.04. The van der Waals surface area contributed by atoms with Crippen molar-refractivity contribution in [3.63, 3.8) is 0 Å². The highest BCUT2D eigenvalue weighted by molar-refractivity contribution is 7.90. The Morgan fingerprint density at radius 3 is 2.32 bits per heavy atom. The number of nitro groups is 1. The molecule has 9 heteroatoms. The molecule has 0 aliphatic heterocycles. The van der Waals surface area contributed by atoms with E-state index >= 15 is 0 Å². The second kappa shape index (κ2) is 4.81. The first kappa shape index (κ1) is 14.0. The molecule has 0 amide bonds. The van der Waals surface area contributed by atoms with Gasteiger partial charge < -0.3 is 4.42 Å². The zero-order chi connectivity index (χ0) is 15.9. The molecule has 0 fully saturated rings. The third kappa shape index (κ3) is 2.07. The Morgan fingerprint density at radius 1 is 1.05 bits per heavy atom. The lowest BCUT2D eigenvalue weighted by atomic mass is 10.3. The van der Waals surface area contributed by atoms with E-state index in [-0.39, 0.29) is 21.7 Å². The van der Waals surface area contributed by atoms with Crippen molar-refractivity contribution in [2.75, 3.05) is 0 Å². The molecule has 3 aromatic rings. The summed E-state index contributed by atoms with van der Waals surface area (Å²) in [5.41, 5.74) is -0.00723. The van der Waals surface area contributed by atoms with Gasteiger partial charge in [0.25, 0.3) is 15.7 Å². The summed E-state index contributed by atoms with van der Waals surface area (Å²) in [7, 11) is -4.21. The highest BCUT2D eigenvalue weighted by atomic mass is 32.2. The van der Waals surface area contributed by atoms with Crippen LogP contribution < -0.4 is 5.76 Å². The molecule has 22 heavy (non-hydrogen) atoms. The van der Waals surface area contributed by atoms with Crippen molar-refractivity contribution in [3.05, 3.63) is 69.2 Å². The van der Waals surface area contributed by atoms with E-state index in [9.17, 15) is 23.3 Å². The van der Waals surface area contributed by atoms with Crippen LogP contribution in [0.5, 0.6) is 0 Å². The molecule has 0 atom stereocenters. The molecule has 1 heterocycles. The minimum atomic E-state index is -4.21. The third-order valence-corrected chi connectivity index (χ3v) is 4.73. The van der Waals surface area contributed by atoms with Crippen molar-refractivity contribution in [1.29, 1.82) is 0 Å². The van der Waals surface area contributed by atoms with Gasteiger partial charge in [-0.1, -0.05) is 12.1 Å². The van der Waals surface area contributed by atoms with E-state index in [2.05, 4.69) is 0 Å². The van der Waals surface area contributed by atoms with Crippen LogP contribution in [0.2, 0.25) is 0 Å². The van der Waals surface area contributed by atoms with Crippen LogP contribution in [0.15, 0.2) is 62.6 Å². The molecular weight excluding hydrogens is 312 g/mol. The summed E-state index contributed by atoms with van der Waals surface area (Å²) in [5, 5.41) is 10.6. The maximum atomic E-state index is 12.5. The van der Waals surface area contributed by atoms with Crippen LogP contribution >= 0.6 is 0 Å². The summed E-state index contributed by atoms with van der Waals surface area (Å²) in [4.78, 5) is 21.6. The van der Waals surface area contributed by atoms with E-state index < -0.39 is 20.7 Å². The predicted octanol–water partition coefficient (Wildman–Crippen LogP) is 1.74. The van der Waals surface area contributed by atoms with Crippen LogP contribution in [0.4, 0.5) is 5.69 Å². The van der Waals surface area contributed by atoms with E-state index in [1.807, 2.05) is 0 Å². The number of para-hydroxylation sites is 2. The Hall–Kier alpha value is -2.94. The summed E-state index contributed by atoms with van der Waals surface area (Å²) in [6.07, 6.45) is 0. The number of nitro benzene ring substituents is 1. The standard InChI is InChI=1S/C13H8N2O6S/c16-13-14(11-3-1-2-4-12(11)21-13)22(19,20)10-7-5-9(6-8-10)15(17)18/h1-8H. The Balaban J connectivity index is 2.22. The van der Waals surface area contributed by atoms with Crippen molar-refractivity contribution in [2.24, 2.45) is 0 Å². The minimum Gasteiger partial charge on any atom is -0.407 e. The lowest BCUT2D eigenvalue weighted by molar-refractivity contribution is -0.384. The smallest absolute Gasteiger partial charge is 0.407 e. The molecule has 0 spiro atoms. The van der Waals surface area contributed by atoms with E-state index in [1.165, 1.54) is 12.1 Å². The van der Waals surface area contributed by atoms with Crippen molar-refractivity contribution >= 4 is 26.8 Å². The summed E-state index contributed by atoms with van der Waals surface area (Å²) in [6.45, 7) is 0. The first-order valence-corrected chi connectivity index (χ1v) is 7.46. The van der Waals surface area contributed by atoms with Gasteiger partial charge in [-0.2, -0.15) is 3.97 Å². The van der Waals surface area contributed by atoms with Gasteiger partial charge in [0.05, 0.1) is 9.82 Å². The summed E-state index contributed by atoms with van der Waals surface area (Å²) < 4.78 is 30.5. The number of nitrogens with zero attached hydrogens (tertiary/aromatic N) is 2. The molecule has 0 unspecified atom stereocenters. The topological polar surface area (TPSA) is 112 Å². The Bertz CT molecular complexity index is 1030. The van der Waals surface area contributed by atoms with Crippen LogP contribution in [0.1, 0.15) is 0 Å². The Morgan fingerprint density at radius 2 is 1.68 bits per heavy atom. The number of oxazole rings is 1. The molecule has 0 aliphatic carbocycles. The first-order chi connectivity index (χ1) is 10.4. The second-order valence-electron chi connectivity index (χ2n) is 4.36. The number of rotatable bonds is 3. The predicted molar refractivity (Wildman–Crippen MR) is 76.2 cm³/mol. The van der Waals surface area contributed by atoms with Crippen molar-refractivity contribution in [2.45, 2.75) is 4.90 Å². The van der Waals surface area contributed by atoms with Gasteiger partial charge in [-0.25, -0.2) is 13.2 Å². The van der Waals surface area contributed by atoms with Gasteiger partial charge in [-0.15, -0.1) is 0 Å². The molecule has 0 aliphatic rings. The molecule has 0 saturated carbocycles. The number of fused-ring (bicyclic) bond motifs is 1. The average molecular weight is 320 g/mol. The number of hydrogen-bond donors (Lipinski definition) is 0. The number of aromatic nitrogens is 1. The van der Waals surface area contributed by atoms with Crippen molar-refractivity contribution in [1.82, 2.24) is 3.97 Å². The van der Waals surface area contributed by atoms with Gasteiger partial charge in [-0.3, -0.25) is 10.1 Å². The van der Waals surface area contributed by atoms with Crippen molar-refractivity contribution < 1.29 is 17.8 Å². The van der Waals surface area contributed by atoms with Gasteiger partial charge in [0.15, 0.2) is 5.58 Å². The van der Waals surface area contributed by atoms with E-state index in [0.717, 1.165) is 24.3 Å². The largest absolute Gasteiger partial charge is 0.434 e. The van der Waals surface area contributed by atoms with Crippen LogP contribution in [0.25, 0.3) is 11.1 Å². The molecule has 0 saturated heterocycles. The highest BCUT2D eigenvalue weighted by Crippen LogP contribution is 2.21. The van der Waals surface area contributed by atoms with Gasteiger partial charge in [0, 0.05) is 12.1 Å². The van der Waals surface area contributed by atoms with E-state index in [4.69, 9.17) is 4.42 Å². The zero-order valence-electron chi connectivity index (χ0n) is 10.9.